The van der Waals surface area contributed by atoms with E-state index in [-0.39, 0.29) is 0 Å². The summed E-state index contributed by atoms with van der Waals surface area (Å²) < 4.78 is 0. The summed E-state index contributed by atoms with van der Waals surface area (Å²) in [6.45, 7) is 0. The second-order valence-electron chi connectivity index (χ2n) is 15.3. The van der Waals surface area contributed by atoms with Gasteiger partial charge in [-0.15, -0.1) is 0 Å². The Hall–Kier alpha value is -7.48. The van der Waals surface area contributed by atoms with Crippen LogP contribution in [0.2, 0.25) is 0 Å². The van der Waals surface area contributed by atoms with Gasteiger partial charge < -0.3 is 0 Å². The first-order chi connectivity index (χ1) is 28.2. The van der Waals surface area contributed by atoms with Crippen molar-refractivity contribution in [2.24, 2.45) is 0 Å². The zero-order chi connectivity index (χ0) is 37.5. The lowest BCUT2D eigenvalue weighted by atomic mass is 9.88. The maximum absolute atomic E-state index is 5.79. The van der Waals surface area contributed by atoms with E-state index >= 15 is 0 Å². The highest BCUT2D eigenvalue weighted by molar-refractivity contribution is 6.17. The number of rotatable bonds is 4. The zero-order valence-corrected chi connectivity index (χ0v) is 31.1. The first-order valence-electron chi connectivity index (χ1n) is 19.7. The van der Waals surface area contributed by atoms with Gasteiger partial charge >= 0.3 is 0 Å². The predicted molar refractivity (Wildman–Crippen MR) is 245 cm³/mol. The van der Waals surface area contributed by atoms with Crippen molar-refractivity contribution in [1.82, 2.24) is 5.32 Å². The van der Waals surface area contributed by atoms with Crippen LogP contribution in [0.5, 0.6) is 0 Å². The summed E-state index contributed by atoms with van der Waals surface area (Å²) >= 11 is 0. The van der Waals surface area contributed by atoms with E-state index in [9.17, 15) is 0 Å². The molecule has 1 heteroatoms. The van der Waals surface area contributed by atoms with Gasteiger partial charge in [0.25, 0.3) is 0 Å². The molecular weight excluding hydrogens is 687 g/mol. The number of nitrogens with zero attached hydrogens (tertiary/aromatic N) is 1. The maximum Gasteiger partial charge on any atom is 0.0722 e. The van der Waals surface area contributed by atoms with Crippen LogP contribution in [0.3, 0.4) is 0 Å². The van der Waals surface area contributed by atoms with E-state index < -0.39 is 0 Å². The smallest absolute Gasteiger partial charge is 0.0722 e. The molecule has 0 aliphatic rings. The van der Waals surface area contributed by atoms with Gasteiger partial charge in [0, 0.05) is 11.1 Å². The summed E-state index contributed by atoms with van der Waals surface area (Å²) in [6.07, 6.45) is 0. The van der Waals surface area contributed by atoms with E-state index in [1.165, 1.54) is 97.3 Å². The third-order valence-corrected chi connectivity index (χ3v) is 12.0. The Morgan fingerprint density at radius 1 is 0.211 bits per heavy atom. The molecule has 0 fully saturated rings. The lowest BCUT2D eigenvalue weighted by Crippen LogP contribution is -1.98. The van der Waals surface area contributed by atoms with Gasteiger partial charge in [0.15, 0.2) is 0 Å². The molecule has 0 aliphatic carbocycles. The third kappa shape index (κ3) is 5.17. The monoisotopic (exact) mass is 720 g/mol. The number of hydrogen-bond donors (Lipinski definition) is 0. The van der Waals surface area contributed by atoms with Crippen molar-refractivity contribution >= 4 is 97.6 Å². The summed E-state index contributed by atoms with van der Waals surface area (Å²) in [4.78, 5) is 0. The summed E-state index contributed by atoms with van der Waals surface area (Å²) in [5, 5.41) is 25.3. The maximum atomic E-state index is 5.79. The van der Waals surface area contributed by atoms with Crippen LogP contribution in [0.25, 0.3) is 108 Å². The topological polar surface area (TPSA) is 14.1 Å². The molecule has 263 valence electrons. The van der Waals surface area contributed by atoms with Crippen LogP contribution in [0.15, 0.2) is 206 Å². The van der Waals surface area contributed by atoms with Crippen molar-refractivity contribution in [2.45, 2.75) is 0 Å². The summed E-state index contributed by atoms with van der Waals surface area (Å²) in [5.74, 6) is 0. The zero-order valence-electron chi connectivity index (χ0n) is 31.1. The van der Waals surface area contributed by atoms with Crippen LogP contribution in [0, 0.1) is 0 Å². The molecule has 0 spiro atoms. The molecule has 0 unspecified atom stereocenters. The average molecular weight is 721 g/mol. The lowest BCUT2D eigenvalue weighted by molar-refractivity contribution is 1.20. The standard InChI is InChI=1S/C56H34N/c1-5-15-39-31-49-43(27-35(39)11-1)19-9-21-47(49)55-51-33-41-17-7-3-13-37(41)29-45(51)23-25-53(55)57-54-26-24-46-30-38-14-4-8-18-42(38)34-52(46)56(54)48-22-10-20-44-28-36-12-2-6-16-40(36)32-50(44)48/h1-34H. The Morgan fingerprint density at radius 2 is 0.491 bits per heavy atom. The molecule has 12 aromatic carbocycles. The minimum atomic E-state index is 0.950. The molecule has 0 atom stereocenters. The Labute approximate surface area is 330 Å². The molecule has 0 saturated carbocycles. The van der Waals surface area contributed by atoms with Gasteiger partial charge in [-0.25, -0.2) is 5.32 Å². The van der Waals surface area contributed by atoms with Crippen LogP contribution >= 0.6 is 0 Å². The van der Waals surface area contributed by atoms with Gasteiger partial charge in [0.2, 0.25) is 0 Å². The molecule has 57 heavy (non-hydrogen) atoms. The quantitative estimate of drug-likeness (QED) is 0.161. The van der Waals surface area contributed by atoms with Crippen LogP contribution < -0.4 is 5.32 Å². The molecule has 0 amide bonds. The van der Waals surface area contributed by atoms with E-state index in [4.69, 9.17) is 5.32 Å². The number of hydrogen-bond acceptors (Lipinski definition) is 0. The highest BCUT2D eigenvalue weighted by Gasteiger charge is 2.20. The molecule has 0 heterocycles. The van der Waals surface area contributed by atoms with E-state index in [1.54, 1.807) is 0 Å². The molecule has 12 aromatic rings. The van der Waals surface area contributed by atoms with Crippen molar-refractivity contribution in [3.63, 3.8) is 0 Å². The van der Waals surface area contributed by atoms with E-state index in [1.807, 2.05) is 0 Å². The van der Waals surface area contributed by atoms with Crippen LogP contribution in [0.4, 0.5) is 11.4 Å². The average Bonchev–Trinajstić information content (AvgIpc) is 3.26. The van der Waals surface area contributed by atoms with Crippen LogP contribution in [0.1, 0.15) is 0 Å². The lowest BCUT2D eigenvalue weighted by Gasteiger charge is -2.20. The minimum absolute atomic E-state index is 0.950. The van der Waals surface area contributed by atoms with Gasteiger partial charge in [-0.3, -0.25) is 0 Å². The molecule has 0 aromatic heterocycles. The number of benzene rings is 12. The van der Waals surface area contributed by atoms with Gasteiger partial charge in [-0.2, -0.15) is 0 Å². The first-order valence-corrected chi connectivity index (χ1v) is 19.7. The van der Waals surface area contributed by atoms with Crippen molar-refractivity contribution in [3.05, 3.63) is 206 Å². The fourth-order valence-corrected chi connectivity index (χ4v) is 9.26. The fraction of sp³-hybridized carbons (Fsp3) is 0. The van der Waals surface area contributed by atoms with E-state index in [0.717, 1.165) is 22.5 Å². The summed E-state index contributed by atoms with van der Waals surface area (Å²) in [5.41, 5.74) is 6.56. The largest absolute Gasteiger partial charge is 0.248 e. The first kappa shape index (κ1) is 31.8. The highest BCUT2D eigenvalue weighted by atomic mass is 14.9. The molecular formula is C56H34N. The highest BCUT2D eigenvalue weighted by Crippen LogP contribution is 2.46. The molecule has 0 aliphatic heterocycles. The van der Waals surface area contributed by atoms with Crippen molar-refractivity contribution in [3.8, 4) is 22.3 Å². The van der Waals surface area contributed by atoms with Crippen LogP contribution in [-0.4, -0.2) is 0 Å². The molecule has 1 nitrogen and oxygen atoms in total. The van der Waals surface area contributed by atoms with E-state index in [2.05, 4.69) is 206 Å². The third-order valence-electron chi connectivity index (χ3n) is 12.0. The number of fused-ring (bicyclic) bond motifs is 8. The van der Waals surface area contributed by atoms with Crippen LogP contribution in [-0.2, 0) is 0 Å². The van der Waals surface area contributed by atoms with E-state index in [0.29, 0.717) is 0 Å². The summed E-state index contributed by atoms with van der Waals surface area (Å²) in [6, 6.07) is 75.8. The molecule has 0 saturated heterocycles. The second kappa shape index (κ2) is 12.5. The molecule has 1 radical (unpaired) electrons. The summed E-state index contributed by atoms with van der Waals surface area (Å²) in [7, 11) is 0. The Balaban J connectivity index is 1.16. The molecule has 12 rings (SSSR count). The SMILES string of the molecule is c1ccc2cc3c(-c4c([N]c5ccc6cc7ccccc7cc6c5-c5cccc6cc7ccccc7cc56)ccc5cc6ccccc6cc45)cccc3cc2c1. The normalized spacial score (nSPS) is 11.9. The Morgan fingerprint density at radius 3 is 0.842 bits per heavy atom. The molecule has 0 N–H and O–H groups in total. The van der Waals surface area contributed by atoms with Gasteiger partial charge in [0.1, 0.15) is 0 Å². The Bertz CT molecular complexity index is 3370. The predicted octanol–water partition coefficient (Wildman–Crippen LogP) is 15.8. The van der Waals surface area contributed by atoms with Crippen molar-refractivity contribution < 1.29 is 0 Å². The van der Waals surface area contributed by atoms with Gasteiger partial charge in [0.05, 0.1) is 11.4 Å². The van der Waals surface area contributed by atoms with Crippen molar-refractivity contribution in [1.29, 1.82) is 0 Å². The van der Waals surface area contributed by atoms with Gasteiger partial charge in [-0.1, -0.05) is 146 Å². The fourth-order valence-electron chi connectivity index (χ4n) is 9.26. The van der Waals surface area contributed by atoms with Gasteiger partial charge in [-0.05, 0) is 158 Å². The Kier molecular flexibility index (Phi) is 7.00. The molecule has 0 bridgehead atoms. The minimum Gasteiger partial charge on any atom is -0.248 e. The second-order valence-corrected chi connectivity index (χ2v) is 15.3. The van der Waals surface area contributed by atoms with Crippen molar-refractivity contribution in [2.75, 3.05) is 0 Å².